The Hall–Kier alpha value is -1.85. The standard InChI is InChI=1S/C13H20N4O2/c1-3-4-10-5-6-16(9-10)13-8-11(17(18)19)7-12(14-2)15-13/h7-8,10H,3-6,9H2,1-2H3,(H,14,15). The van der Waals surface area contributed by atoms with Gasteiger partial charge in [-0.1, -0.05) is 13.3 Å². The lowest BCUT2D eigenvalue weighted by Crippen LogP contribution is -2.21. The molecule has 2 heterocycles. The average molecular weight is 264 g/mol. The Bertz CT molecular complexity index is 464. The Kier molecular flexibility index (Phi) is 4.19. The van der Waals surface area contributed by atoms with Gasteiger partial charge in [-0.25, -0.2) is 4.98 Å². The van der Waals surface area contributed by atoms with Crippen molar-refractivity contribution in [2.45, 2.75) is 26.2 Å². The summed E-state index contributed by atoms with van der Waals surface area (Å²) in [7, 11) is 1.72. The minimum absolute atomic E-state index is 0.0910. The van der Waals surface area contributed by atoms with Crippen LogP contribution in [0, 0.1) is 16.0 Å². The SMILES string of the molecule is CCCC1CCN(c2cc([N+](=O)[O-])cc(NC)n2)C1. The number of anilines is 2. The highest BCUT2D eigenvalue weighted by Gasteiger charge is 2.24. The molecule has 0 bridgehead atoms. The maximum absolute atomic E-state index is 10.9. The van der Waals surface area contributed by atoms with Crippen LogP contribution in [0.25, 0.3) is 0 Å². The Morgan fingerprint density at radius 2 is 2.37 bits per heavy atom. The summed E-state index contributed by atoms with van der Waals surface area (Å²) in [5.74, 6) is 1.93. The monoisotopic (exact) mass is 264 g/mol. The Labute approximate surface area is 113 Å². The van der Waals surface area contributed by atoms with Gasteiger partial charge in [-0.2, -0.15) is 0 Å². The average Bonchev–Trinajstić information content (AvgIpc) is 2.87. The maximum atomic E-state index is 10.9. The quantitative estimate of drug-likeness (QED) is 0.654. The molecule has 0 aromatic carbocycles. The fourth-order valence-electron chi connectivity index (χ4n) is 2.58. The zero-order valence-corrected chi connectivity index (χ0v) is 11.4. The molecule has 2 rings (SSSR count). The van der Waals surface area contributed by atoms with Crippen molar-refractivity contribution in [1.29, 1.82) is 0 Å². The van der Waals surface area contributed by atoms with Crippen LogP contribution in [0.3, 0.4) is 0 Å². The molecular formula is C13H20N4O2. The molecule has 1 fully saturated rings. The number of nitrogens with one attached hydrogen (secondary N) is 1. The van der Waals surface area contributed by atoms with Gasteiger partial charge in [0.2, 0.25) is 0 Å². The molecule has 6 heteroatoms. The summed E-state index contributed by atoms with van der Waals surface area (Å²) in [6.07, 6.45) is 3.54. The molecule has 0 aliphatic carbocycles. The van der Waals surface area contributed by atoms with Crippen molar-refractivity contribution in [3.05, 3.63) is 22.2 Å². The molecular weight excluding hydrogens is 244 g/mol. The first-order chi connectivity index (χ1) is 9.13. The van der Waals surface area contributed by atoms with E-state index in [4.69, 9.17) is 0 Å². The van der Waals surface area contributed by atoms with Crippen molar-refractivity contribution in [2.24, 2.45) is 5.92 Å². The molecule has 0 spiro atoms. The van der Waals surface area contributed by atoms with E-state index >= 15 is 0 Å². The van der Waals surface area contributed by atoms with Crippen LogP contribution in [0.2, 0.25) is 0 Å². The predicted molar refractivity (Wildman–Crippen MR) is 75.7 cm³/mol. The summed E-state index contributed by atoms with van der Waals surface area (Å²) in [4.78, 5) is 17.1. The number of nitrogens with zero attached hydrogens (tertiary/aromatic N) is 3. The zero-order chi connectivity index (χ0) is 13.8. The Morgan fingerprint density at radius 3 is 3.00 bits per heavy atom. The van der Waals surface area contributed by atoms with Crippen LogP contribution in [0.15, 0.2) is 12.1 Å². The lowest BCUT2D eigenvalue weighted by Gasteiger charge is -2.18. The lowest BCUT2D eigenvalue weighted by molar-refractivity contribution is -0.384. The third-order valence-electron chi connectivity index (χ3n) is 3.57. The number of aromatic nitrogens is 1. The van der Waals surface area contributed by atoms with Crippen LogP contribution >= 0.6 is 0 Å². The molecule has 1 aliphatic heterocycles. The maximum Gasteiger partial charge on any atom is 0.276 e. The van der Waals surface area contributed by atoms with E-state index in [-0.39, 0.29) is 10.6 Å². The van der Waals surface area contributed by atoms with Gasteiger partial charge in [0.05, 0.1) is 17.1 Å². The minimum atomic E-state index is -0.369. The first kappa shape index (κ1) is 13.6. The molecule has 0 amide bonds. The second kappa shape index (κ2) is 5.86. The zero-order valence-electron chi connectivity index (χ0n) is 11.4. The van der Waals surface area contributed by atoms with Gasteiger partial charge in [0.15, 0.2) is 0 Å². The second-order valence-corrected chi connectivity index (χ2v) is 4.97. The van der Waals surface area contributed by atoms with Gasteiger partial charge >= 0.3 is 0 Å². The third-order valence-corrected chi connectivity index (χ3v) is 3.57. The van der Waals surface area contributed by atoms with Crippen molar-refractivity contribution in [2.75, 3.05) is 30.4 Å². The molecule has 19 heavy (non-hydrogen) atoms. The highest BCUT2D eigenvalue weighted by atomic mass is 16.6. The molecule has 1 aliphatic rings. The van der Waals surface area contributed by atoms with Crippen molar-refractivity contribution in [3.63, 3.8) is 0 Å². The molecule has 1 saturated heterocycles. The summed E-state index contributed by atoms with van der Waals surface area (Å²) >= 11 is 0. The molecule has 0 saturated carbocycles. The molecule has 1 aromatic heterocycles. The van der Waals surface area contributed by atoms with E-state index in [9.17, 15) is 10.1 Å². The summed E-state index contributed by atoms with van der Waals surface area (Å²) in [5.41, 5.74) is 0.0910. The summed E-state index contributed by atoms with van der Waals surface area (Å²) in [6, 6.07) is 3.03. The van der Waals surface area contributed by atoms with Crippen LogP contribution in [-0.2, 0) is 0 Å². The number of hydrogen-bond acceptors (Lipinski definition) is 5. The largest absolute Gasteiger partial charge is 0.373 e. The number of rotatable bonds is 5. The molecule has 6 nitrogen and oxygen atoms in total. The minimum Gasteiger partial charge on any atom is -0.373 e. The second-order valence-electron chi connectivity index (χ2n) is 4.97. The fourth-order valence-corrected chi connectivity index (χ4v) is 2.58. The van der Waals surface area contributed by atoms with E-state index in [0.717, 1.165) is 19.5 Å². The van der Waals surface area contributed by atoms with Crippen LogP contribution < -0.4 is 10.2 Å². The normalized spacial score (nSPS) is 18.6. The number of hydrogen-bond donors (Lipinski definition) is 1. The van der Waals surface area contributed by atoms with Gasteiger partial charge in [0.1, 0.15) is 11.6 Å². The topological polar surface area (TPSA) is 71.3 Å². The fraction of sp³-hybridized carbons (Fsp3) is 0.615. The van der Waals surface area contributed by atoms with Crippen molar-refractivity contribution < 1.29 is 4.92 Å². The predicted octanol–water partition coefficient (Wildman–Crippen LogP) is 2.66. The first-order valence-corrected chi connectivity index (χ1v) is 6.73. The van der Waals surface area contributed by atoms with Gasteiger partial charge in [0.25, 0.3) is 5.69 Å². The first-order valence-electron chi connectivity index (χ1n) is 6.73. The van der Waals surface area contributed by atoms with E-state index in [2.05, 4.69) is 22.1 Å². The van der Waals surface area contributed by atoms with Crippen LogP contribution in [0.1, 0.15) is 26.2 Å². The van der Waals surface area contributed by atoms with Gasteiger partial charge in [-0.05, 0) is 18.8 Å². The molecule has 104 valence electrons. The van der Waals surface area contributed by atoms with Crippen LogP contribution in [0.5, 0.6) is 0 Å². The summed E-state index contributed by atoms with van der Waals surface area (Å²) < 4.78 is 0. The van der Waals surface area contributed by atoms with Gasteiger partial charge in [-0.3, -0.25) is 10.1 Å². The van der Waals surface area contributed by atoms with E-state index in [1.165, 1.54) is 18.9 Å². The molecule has 0 radical (unpaired) electrons. The third kappa shape index (κ3) is 3.13. The highest BCUT2D eigenvalue weighted by Crippen LogP contribution is 2.29. The Morgan fingerprint density at radius 1 is 1.58 bits per heavy atom. The van der Waals surface area contributed by atoms with Gasteiger partial charge < -0.3 is 10.2 Å². The lowest BCUT2D eigenvalue weighted by atomic mass is 10.0. The van der Waals surface area contributed by atoms with Gasteiger partial charge in [0, 0.05) is 20.1 Å². The molecule has 1 aromatic rings. The van der Waals surface area contributed by atoms with E-state index in [1.54, 1.807) is 13.1 Å². The van der Waals surface area contributed by atoms with E-state index in [1.807, 2.05) is 0 Å². The smallest absolute Gasteiger partial charge is 0.276 e. The van der Waals surface area contributed by atoms with Crippen molar-refractivity contribution in [3.8, 4) is 0 Å². The molecule has 1 N–H and O–H groups in total. The summed E-state index contributed by atoms with van der Waals surface area (Å²) in [5, 5.41) is 13.8. The van der Waals surface area contributed by atoms with Crippen molar-refractivity contribution >= 4 is 17.3 Å². The Balaban J connectivity index is 2.20. The van der Waals surface area contributed by atoms with Crippen LogP contribution in [0.4, 0.5) is 17.3 Å². The number of pyridine rings is 1. The summed E-state index contributed by atoms with van der Waals surface area (Å²) in [6.45, 7) is 4.07. The van der Waals surface area contributed by atoms with E-state index in [0.29, 0.717) is 17.6 Å². The van der Waals surface area contributed by atoms with Crippen LogP contribution in [-0.4, -0.2) is 30.0 Å². The number of nitro groups is 1. The highest BCUT2D eigenvalue weighted by molar-refractivity contribution is 5.56. The van der Waals surface area contributed by atoms with E-state index < -0.39 is 0 Å². The van der Waals surface area contributed by atoms with Gasteiger partial charge in [-0.15, -0.1) is 0 Å². The van der Waals surface area contributed by atoms with Crippen molar-refractivity contribution in [1.82, 2.24) is 4.98 Å². The molecule has 1 unspecified atom stereocenters. The molecule has 1 atom stereocenters.